The van der Waals surface area contributed by atoms with Crippen LogP contribution in [0, 0.1) is 19.3 Å². The van der Waals surface area contributed by atoms with Gasteiger partial charge in [-0.25, -0.2) is 0 Å². The molecule has 110 valence electrons. The van der Waals surface area contributed by atoms with Gasteiger partial charge in [-0.1, -0.05) is 27.7 Å². The summed E-state index contributed by atoms with van der Waals surface area (Å²) in [5.74, 6) is 0. The van der Waals surface area contributed by atoms with E-state index in [9.17, 15) is 0 Å². The van der Waals surface area contributed by atoms with Crippen LogP contribution in [0.2, 0.25) is 0 Å². The van der Waals surface area contributed by atoms with E-state index in [-0.39, 0.29) is 0 Å². The van der Waals surface area contributed by atoms with Crippen molar-refractivity contribution in [2.24, 2.45) is 5.41 Å². The first-order valence-corrected chi connectivity index (χ1v) is 7.53. The van der Waals surface area contributed by atoms with Gasteiger partial charge in [-0.2, -0.15) is 5.10 Å². The maximum absolute atomic E-state index is 4.72. The maximum atomic E-state index is 4.72. The van der Waals surface area contributed by atoms with Gasteiger partial charge in [-0.15, -0.1) is 0 Å². The first-order valence-electron chi connectivity index (χ1n) is 7.53. The first kappa shape index (κ1) is 16.2. The van der Waals surface area contributed by atoms with Crippen molar-refractivity contribution >= 4 is 0 Å². The van der Waals surface area contributed by atoms with Crippen LogP contribution in [0.1, 0.15) is 70.5 Å². The lowest BCUT2D eigenvalue weighted by atomic mass is 9.92. The second-order valence-corrected chi connectivity index (χ2v) is 6.79. The molecule has 0 saturated carbocycles. The fourth-order valence-electron chi connectivity index (χ4n) is 2.46. The molecule has 0 aliphatic carbocycles. The number of hydrogen-bond acceptors (Lipinski definition) is 2. The van der Waals surface area contributed by atoms with Crippen LogP contribution < -0.4 is 5.32 Å². The maximum Gasteiger partial charge on any atom is 0.0644 e. The summed E-state index contributed by atoms with van der Waals surface area (Å²) < 4.78 is 2.18. The molecule has 0 spiro atoms. The van der Waals surface area contributed by atoms with Crippen molar-refractivity contribution in [3.63, 3.8) is 0 Å². The summed E-state index contributed by atoms with van der Waals surface area (Å²) in [5, 5.41) is 8.28. The zero-order valence-electron chi connectivity index (χ0n) is 13.8. The largest absolute Gasteiger partial charge is 0.310 e. The smallest absolute Gasteiger partial charge is 0.0644 e. The zero-order chi connectivity index (χ0) is 14.6. The average Bonchev–Trinajstić information content (AvgIpc) is 2.58. The van der Waals surface area contributed by atoms with E-state index >= 15 is 0 Å². The molecule has 3 nitrogen and oxygen atoms in total. The second kappa shape index (κ2) is 6.56. The van der Waals surface area contributed by atoms with E-state index in [1.165, 1.54) is 23.4 Å². The molecule has 1 rings (SSSR count). The highest BCUT2D eigenvalue weighted by Gasteiger charge is 2.18. The van der Waals surface area contributed by atoms with E-state index in [0.717, 1.165) is 19.5 Å². The van der Waals surface area contributed by atoms with Gasteiger partial charge in [-0.3, -0.25) is 4.68 Å². The quantitative estimate of drug-likeness (QED) is 0.842. The molecule has 1 N–H and O–H groups in total. The molecule has 0 fully saturated rings. The zero-order valence-corrected chi connectivity index (χ0v) is 13.8. The molecule has 1 unspecified atom stereocenters. The standard InChI is InChI=1S/C16H31N3/c1-8-10-17-12(2)15-13(3)18-19(14(15)4)11-9-16(5,6)7/h12,17H,8-11H2,1-7H3. The molecule has 1 aromatic heterocycles. The molecule has 0 aromatic carbocycles. The highest BCUT2D eigenvalue weighted by atomic mass is 15.3. The lowest BCUT2D eigenvalue weighted by molar-refractivity contribution is 0.338. The Kier molecular flexibility index (Phi) is 5.60. The van der Waals surface area contributed by atoms with Crippen molar-refractivity contribution in [2.45, 2.75) is 73.9 Å². The molecule has 1 atom stereocenters. The molecular weight excluding hydrogens is 234 g/mol. The van der Waals surface area contributed by atoms with Crippen molar-refractivity contribution in [1.29, 1.82) is 0 Å². The Hall–Kier alpha value is -0.830. The minimum atomic E-state index is 0.360. The molecule has 0 radical (unpaired) electrons. The predicted octanol–water partition coefficient (Wildman–Crippen LogP) is 4.00. The third-order valence-electron chi connectivity index (χ3n) is 3.64. The summed E-state index contributed by atoms with van der Waals surface area (Å²) in [6, 6.07) is 0.392. The van der Waals surface area contributed by atoms with E-state index in [4.69, 9.17) is 5.10 Å². The summed E-state index contributed by atoms with van der Waals surface area (Å²) in [4.78, 5) is 0. The van der Waals surface area contributed by atoms with Crippen LogP contribution in [-0.2, 0) is 6.54 Å². The Bertz CT molecular complexity index is 399. The molecule has 3 heteroatoms. The van der Waals surface area contributed by atoms with Crippen LogP contribution in [0.15, 0.2) is 0 Å². The van der Waals surface area contributed by atoms with Gasteiger partial charge < -0.3 is 5.32 Å². The molecule has 0 amide bonds. The van der Waals surface area contributed by atoms with Crippen LogP contribution in [0.5, 0.6) is 0 Å². The predicted molar refractivity (Wildman–Crippen MR) is 82.5 cm³/mol. The Morgan fingerprint density at radius 3 is 2.42 bits per heavy atom. The summed E-state index contributed by atoms with van der Waals surface area (Å²) in [6.45, 7) is 17.7. The lowest BCUT2D eigenvalue weighted by Gasteiger charge is -2.19. The number of aryl methyl sites for hydroxylation is 2. The van der Waals surface area contributed by atoms with Gasteiger partial charge in [0.25, 0.3) is 0 Å². The minimum Gasteiger partial charge on any atom is -0.310 e. The summed E-state index contributed by atoms with van der Waals surface area (Å²) in [6.07, 6.45) is 2.33. The Balaban J connectivity index is 2.82. The van der Waals surface area contributed by atoms with Gasteiger partial charge in [0.15, 0.2) is 0 Å². The third kappa shape index (κ3) is 4.64. The Labute approximate surface area is 118 Å². The van der Waals surface area contributed by atoms with Crippen LogP contribution >= 0.6 is 0 Å². The highest BCUT2D eigenvalue weighted by Crippen LogP contribution is 2.24. The molecule has 19 heavy (non-hydrogen) atoms. The van der Waals surface area contributed by atoms with Crippen LogP contribution in [0.25, 0.3) is 0 Å². The number of aromatic nitrogens is 2. The van der Waals surface area contributed by atoms with E-state index in [1.807, 2.05) is 0 Å². The molecule has 0 aliphatic heterocycles. The van der Waals surface area contributed by atoms with Crippen molar-refractivity contribution in [3.05, 3.63) is 17.0 Å². The number of nitrogens with one attached hydrogen (secondary N) is 1. The fraction of sp³-hybridized carbons (Fsp3) is 0.812. The monoisotopic (exact) mass is 265 g/mol. The van der Waals surface area contributed by atoms with Crippen molar-refractivity contribution < 1.29 is 0 Å². The normalized spacial score (nSPS) is 13.8. The van der Waals surface area contributed by atoms with E-state index in [0.29, 0.717) is 11.5 Å². The number of hydrogen-bond donors (Lipinski definition) is 1. The van der Waals surface area contributed by atoms with E-state index < -0.39 is 0 Å². The van der Waals surface area contributed by atoms with Gasteiger partial charge in [0, 0.05) is 23.8 Å². The van der Waals surface area contributed by atoms with Gasteiger partial charge in [0.2, 0.25) is 0 Å². The molecular formula is C16H31N3. The molecule has 0 saturated heterocycles. The molecule has 0 aliphatic rings. The van der Waals surface area contributed by atoms with Gasteiger partial charge >= 0.3 is 0 Å². The minimum absolute atomic E-state index is 0.360. The highest BCUT2D eigenvalue weighted by molar-refractivity contribution is 5.27. The van der Waals surface area contributed by atoms with E-state index in [2.05, 4.69) is 58.5 Å². The first-order chi connectivity index (χ1) is 8.76. The summed E-state index contributed by atoms with van der Waals surface area (Å²) in [7, 11) is 0. The Morgan fingerprint density at radius 1 is 1.26 bits per heavy atom. The lowest BCUT2D eigenvalue weighted by Crippen LogP contribution is -2.20. The summed E-state index contributed by atoms with van der Waals surface area (Å²) in [5.41, 5.74) is 4.22. The second-order valence-electron chi connectivity index (χ2n) is 6.79. The Morgan fingerprint density at radius 2 is 1.89 bits per heavy atom. The SMILES string of the molecule is CCCNC(C)c1c(C)nn(CCC(C)(C)C)c1C. The van der Waals surface area contributed by atoms with E-state index in [1.54, 1.807) is 0 Å². The average molecular weight is 265 g/mol. The fourth-order valence-corrected chi connectivity index (χ4v) is 2.46. The summed E-state index contributed by atoms with van der Waals surface area (Å²) >= 11 is 0. The third-order valence-corrected chi connectivity index (χ3v) is 3.64. The topological polar surface area (TPSA) is 29.9 Å². The van der Waals surface area contributed by atoms with Crippen LogP contribution in [-0.4, -0.2) is 16.3 Å². The number of rotatable bonds is 6. The molecule has 0 bridgehead atoms. The molecule has 1 aromatic rings. The molecule has 1 heterocycles. The van der Waals surface area contributed by atoms with Crippen molar-refractivity contribution in [2.75, 3.05) is 6.54 Å². The van der Waals surface area contributed by atoms with Crippen molar-refractivity contribution in [1.82, 2.24) is 15.1 Å². The van der Waals surface area contributed by atoms with Crippen LogP contribution in [0.4, 0.5) is 0 Å². The van der Waals surface area contributed by atoms with Crippen molar-refractivity contribution in [3.8, 4) is 0 Å². The number of nitrogens with zero attached hydrogens (tertiary/aromatic N) is 2. The van der Waals surface area contributed by atoms with Gasteiger partial charge in [0.05, 0.1) is 5.69 Å². The van der Waals surface area contributed by atoms with Crippen LogP contribution in [0.3, 0.4) is 0 Å². The van der Waals surface area contributed by atoms with Gasteiger partial charge in [0.1, 0.15) is 0 Å². The van der Waals surface area contributed by atoms with Gasteiger partial charge in [-0.05, 0) is 45.6 Å².